The van der Waals surface area contributed by atoms with Gasteiger partial charge in [-0.05, 0) is 39.9 Å². The molecule has 7 heteroatoms. The normalized spacial score (nSPS) is 12.2. The number of carboxylic acids is 1. The van der Waals surface area contributed by atoms with E-state index in [1.54, 1.807) is 18.2 Å². The Morgan fingerprint density at radius 1 is 0.938 bits per heavy atom. The molecule has 164 valence electrons. The van der Waals surface area contributed by atoms with Crippen LogP contribution in [0.2, 0.25) is 10.0 Å². The Morgan fingerprint density at radius 3 is 2.16 bits per heavy atom. The molecule has 1 N–H and O–H groups in total. The van der Waals surface area contributed by atoms with Crippen LogP contribution >= 0.6 is 23.2 Å². The lowest BCUT2D eigenvalue weighted by Gasteiger charge is -2.23. The molecular formula is C25H21Cl2NO4. The molecule has 1 amide bonds. The van der Waals surface area contributed by atoms with E-state index >= 15 is 0 Å². The highest BCUT2D eigenvalue weighted by atomic mass is 35.5. The van der Waals surface area contributed by atoms with Crippen LogP contribution in [0, 0.1) is 0 Å². The number of aliphatic carboxylic acids is 1. The molecule has 4 rings (SSSR count). The molecule has 0 bridgehead atoms. The molecule has 0 fully saturated rings. The van der Waals surface area contributed by atoms with Gasteiger partial charge in [0.2, 0.25) is 0 Å². The quantitative estimate of drug-likeness (QED) is 0.445. The molecule has 0 saturated carbocycles. The summed E-state index contributed by atoms with van der Waals surface area (Å²) in [4.78, 5) is 25.4. The van der Waals surface area contributed by atoms with Gasteiger partial charge in [-0.15, -0.1) is 0 Å². The highest BCUT2D eigenvalue weighted by Gasteiger charge is 2.30. The number of hydrogen-bond acceptors (Lipinski definition) is 3. The SMILES string of the molecule is O=C(O)CCN(Cc1ccc(Cl)cc1Cl)C(=O)OCC1c2ccccc2-c2ccccc21. The second kappa shape index (κ2) is 9.63. The molecular weight excluding hydrogens is 449 g/mol. The van der Waals surface area contributed by atoms with Crippen LogP contribution in [0.3, 0.4) is 0 Å². The fourth-order valence-electron chi connectivity index (χ4n) is 4.01. The topological polar surface area (TPSA) is 66.8 Å². The number of nitrogens with zero attached hydrogens (tertiary/aromatic N) is 1. The van der Waals surface area contributed by atoms with Gasteiger partial charge in [-0.3, -0.25) is 4.79 Å². The van der Waals surface area contributed by atoms with Crippen molar-refractivity contribution in [2.45, 2.75) is 18.9 Å². The van der Waals surface area contributed by atoms with Crippen LogP contribution in [0.25, 0.3) is 11.1 Å². The average Bonchev–Trinajstić information content (AvgIpc) is 3.10. The Morgan fingerprint density at radius 2 is 1.56 bits per heavy atom. The molecule has 5 nitrogen and oxygen atoms in total. The third kappa shape index (κ3) is 4.74. The Labute approximate surface area is 196 Å². The molecule has 0 aliphatic heterocycles. The molecule has 0 unspecified atom stereocenters. The highest BCUT2D eigenvalue weighted by Crippen LogP contribution is 2.44. The summed E-state index contributed by atoms with van der Waals surface area (Å²) in [7, 11) is 0. The van der Waals surface area contributed by atoms with Gasteiger partial charge in [-0.2, -0.15) is 0 Å². The lowest BCUT2D eigenvalue weighted by molar-refractivity contribution is -0.137. The number of halogens is 2. The van der Waals surface area contributed by atoms with Crippen molar-refractivity contribution >= 4 is 35.3 Å². The molecule has 0 saturated heterocycles. The zero-order valence-corrected chi connectivity index (χ0v) is 18.6. The van der Waals surface area contributed by atoms with E-state index in [-0.39, 0.29) is 32.0 Å². The van der Waals surface area contributed by atoms with Crippen molar-refractivity contribution in [1.82, 2.24) is 4.90 Å². The van der Waals surface area contributed by atoms with E-state index in [9.17, 15) is 9.59 Å². The Bertz CT molecular complexity index is 1120. The highest BCUT2D eigenvalue weighted by molar-refractivity contribution is 6.35. The second-order valence-electron chi connectivity index (χ2n) is 7.61. The molecule has 0 aromatic heterocycles. The van der Waals surface area contributed by atoms with E-state index in [1.807, 2.05) is 36.4 Å². The minimum atomic E-state index is -0.997. The van der Waals surface area contributed by atoms with Crippen LogP contribution in [0.5, 0.6) is 0 Å². The maximum absolute atomic E-state index is 13.0. The summed E-state index contributed by atoms with van der Waals surface area (Å²) >= 11 is 12.2. The van der Waals surface area contributed by atoms with Crippen molar-refractivity contribution < 1.29 is 19.4 Å². The van der Waals surface area contributed by atoms with Gasteiger partial charge in [0.25, 0.3) is 0 Å². The monoisotopic (exact) mass is 469 g/mol. The maximum atomic E-state index is 13.0. The first-order chi connectivity index (χ1) is 15.4. The predicted molar refractivity (Wildman–Crippen MR) is 124 cm³/mol. The number of carboxylic acid groups (broad SMARTS) is 1. The summed E-state index contributed by atoms with van der Waals surface area (Å²) in [5, 5.41) is 9.99. The summed E-state index contributed by atoms with van der Waals surface area (Å²) in [6.45, 7) is 0.287. The van der Waals surface area contributed by atoms with Gasteiger partial charge < -0.3 is 14.7 Å². The molecule has 1 aliphatic rings. The zero-order valence-electron chi connectivity index (χ0n) is 17.1. The van der Waals surface area contributed by atoms with Gasteiger partial charge in [0.15, 0.2) is 0 Å². The Kier molecular flexibility index (Phi) is 6.68. The van der Waals surface area contributed by atoms with Crippen LogP contribution in [0.1, 0.15) is 29.0 Å². The predicted octanol–water partition coefficient (Wildman–Crippen LogP) is 6.22. The van der Waals surface area contributed by atoms with Gasteiger partial charge in [-0.25, -0.2) is 4.79 Å². The Balaban J connectivity index is 1.51. The second-order valence-corrected chi connectivity index (χ2v) is 8.45. The summed E-state index contributed by atoms with van der Waals surface area (Å²) in [6, 6.07) is 21.1. The van der Waals surface area contributed by atoms with Crippen molar-refractivity contribution in [3.63, 3.8) is 0 Å². The molecule has 0 atom stereocenters. The number of fused-ring (bicyclic) bond motifs is 3. The van der Waals surface area contributed by atoms with Crippen molar-refractivity contribution in [2.24, 2.45) is 0 Å². The number of rotatable bonds is 7. The van der Waals surface area contributed by atoms with Gasteiger partial charge in [0, 0.05) is 22.5 Å². The fourth-order valence-corrected chi connectivity index (χ4v) is 4.47. The first kappa shape index (κ1) is 22.2. The van der Waals surface area contributed by atoms with Gasteiger partial charge in [0.05, 0.1) is 13.0 Å². The van der Waals surface area contributed by atoms with E-state index in [2.05, 4.69) is 12.1 Å². The minimum Gasteiger partial charge on any atom is -0.481 e. The van der Waals surface area contributed by atoms with Crippen LogP contribution in [0.15, 0.2) is 66.7 Å². The fraction of sp³-hybridized carbons (Fsp3) is 0.200. The van der Waals surface area contributed by atoms with Crippen LogP contribution in [-0.4, -0.2) is 35.2 Å². The van der Waals surface area contributed by atoms with E-state index in [0.717, 1.165) is 22.3 Å². The van der Waals surface area contributed by atoms with Gasteiger partial charge in [0.1, 0.15) is 6.61 Å². The summed E-state index contributed by atoms with van der Waals surface area (Å²) < 4.78 is 5.69. The van der Waals surface area contributed by atoms with E-state index in [0.29, 0.717) is 15.6 Å². The summed E-state index contributed by atoms with van der Waals surface area (Å²) in [5.74, 6) is -1.07. The average molecular weight is 470 g/mol. The first-order valence-corrected chi connectivity index (χ1v) is 11.0. The third-order valence-corrected chi connectivity index (χ3v) is 6.15. The first-order valence-electron chi connectivity index (χ1n) is 10.2. The van der Waals surface area contributed by atoms with Crippen LogP contribution in [-0.2, 0) is 16.1 Å². The number of hydrogen-bond donors (Lipinski definition) is 1. The van der Waals surface area contributed by atoms with Crippen LogP contribution in [0.4, 0.5) is 4.79 Å². The van der Waals surface area contributed by atoms with Crippen molar-refractivity contribution in [1.29, 1.82) is 0 Å². The van der Waals surface area contributed by atoms with Gasteiger partial charge >= 0.3 is 12.1 Å². The number of ether oxygens (including phenoxy) is 1. The summed E-state index contributed by atoms with van der Waals surface area (Å²) in [5.41, 5.74) is 5.16. The number of amides is 1. The smallest absolute Gasteiger partial charge is 0.410 e. The third-order valence-electron chi connectivity index (χ3n) is 5.57. The van der Waals surface area contributed by atoms with E-state index in [4.69, 9.17) is 33.0 Å². The Hall–Kier alpha value is -3.02. The minimum absolute atomic E-state index is 0.00492. The number of carbonyl (C=O) groups is 2. The molecule has 1 aliphatic carbocycles. The van der Waals surface area contributed by atoms with E-state index in [1.165, 1.54) is 4.90 Å². The van der Waals surface area contributed by atoms with Gasteiger partial charge in [-0.1, -0.05) is 77.8 Å². The molecule has 3 aromatic carbocycles. The number of benzene rings is 3. The maximum Gasteiger partial charge on any atom is 0.410 e. The largest absolute Gasteiger partial charge is 0.481 e. The molecule has 0 radical (unpaired) electrons. The van der Waals surface area contributed by atoms with E-state index < -0.39 is 12.1 Å². The summed E-state index contributed by atoms with van der Waals surface area (Å²) in [6.07, 6.45) is -0.783. The number of carbonyl (C=O) groups excluding carboxylic acids is 1. The van der Waals surface area contributed by atoms with Crippen LogP contribution < -0.4 is 0 Å². The van der Waals surface area contributed by atoms with Crippen molar-refractivity contribution in [3.05, 3.63) is 93.5 Å². The molecule has 0 heterocycles. The van der Waals surface area contributed by atoms with Crippen molar-refractivity contribution in [2.75, 3.05) is 13.2 Å². The molecule has 3 aromatic rings. The standard InChI is InChI=1S/C25H21Cl2NO4/c26-17-10-9-16(23(27)13-17)14-28(12-11-24(29)30)25(31)32-15-22-20-7-3-1-5-18(20)19-6-2-4-8-21(19)22/h1-10,13,22H,11-12,14-15H2,(H,29,30). The lowest BCUT2D eigenvalue weighted by Crippen LogP contribution is -2.34. The lowest BCUT2D eigenvalue weighted by atomic mass is 9.98. The molecule has 32 heavy (non-hydrogen) atoms. The molecule has 0 spiro atoms. The van der Waals surface area contributed by atoms with Crippen molar-refractivity contribution in [3.8, 4) is 11.1 Å². The zero-order chi connectivity index (χ0) is 22.7.